The van der Waals surface area contributed by atoms with E-state index in [1.807, 2.05) is 31.0 Å². The van der Waals surface area contributed by atoms with E-state index < -0.39 is 0 Å². The van der Waals surface area contributed by atoms with Gasteiger partial charge in [-0.1, -0.05) is 11.6 Å². The van der Waals surface area contributed by atoms with Gasteiger partial charge in [0.25, 0.3) is 5.91 Å². The molecule has 0 spiro atoms. The monoisotopic (exact) mass is 320 g/mol. The zero-order valence-electron chi connectivity index (χ0n) is 13.0. The number of amides is 1. The number of carbonyl (C=O) groups excluding carboxylic acids is 1. The Morgan fingerprint density at radius 2 is 2.14 bits per heavy atom. The summed E-state index contributed by atoms with van der Waals surface area (Å²) in [6, 6.07) is 5.45. The number of nitrogens with one attached hydrogen (secondary N) is 1. The molecule has 5 heteroatoms. The van der Waals surface area contributed by atoms with Gasteiger partial charge in [-0.05, 0) is 57.5 Å². The molecule has 1 aliphatic heterocycles. The number of hydrogen-bond donors (Lipinski definition) is 1. The number of furan rings is 1. The highest BCUT2D eigenvalue weighted by atomic mass is 35.5. The standard InChI is InChI=1S/C17H21ClN2O2/c1-11-14-9-13(18)3-4-15(14)22-16(11)17(21)20-7-5-12(6-8-20)10-19-2/h3-4,9,12,19H,5-8,10H2,1-2H3. The third-order valence-electron chi connectivity index (χ3n) is 4.49. The van der Waals surface area contributed by atoms with Crippen molar-refractivity contribution in [3.63, 3.8) is 0 Å². The number of piperidine rings is 1. The van der Waals surface area contributed by atoms with E-state index in [0.717, 1.165) is 49.0 Å². The maximum Gasteiger partial charge on any atom is 0.289 e. The number of likely N-dealkylation sites (tertiary alicyclic amines) is 1. The lowest BCUT2D eigenvalue weighted by Crippen LogP contribution is -2.40. The second kappa shape index (κ2) is 6.31. The summed E-state index contributed by atoms with van der Waals surface area (Å²) in [5.41, 5.74) is 1.59. The quantitative estimate of drug-likeness (QED) is 0.942. The number of nitrogens with zero attached hydrogens (tertiary/aromatic N) is 1. The van der Waals surface area contributed by atoms with Crippen LogP contribution in [-0.2, 0) is 0 Å². The third-order valence-corrected chi connectivity index (χ3v) is 4.72. The van der Waals surface area contributed by atoms with Crippen LogP contribution in [0, 0.1) is 12.8 Å². The molecular weight excluding hydrogens is 300 g/mol. The second-order valence-corrected chi connectivity index (χ2v) is 6.43. The molecule has 0 aliphatic carbocycles. The Bertz CT molecular complexity index is 687. The first kappa shape index (κ1) is 15.4. The van der Waals surface area contributed by atoms with E-state index in [9.17, 15) is 4.79 Å². The number of halogens is 1. The average molecular weight is 321 g/mol. The molecule has 0 unspecified atom stereocenters. The summed E-state index contributed by atoms with van der Waals surface area (Å²) in [7, 11) is 1.97. The lowest BCUT2D eigenvalue weighted by atomic mass is 9.96. The maximum atomic E-state index is 12.7. The van der Waals surface area contributed by atoms with Crippen LogP contribution in [0.5, 0.6) is 0 Å². The molecule has 0 saturated carbocycles. The van der Waals surface area contributed by atoms with E-state index in [-0.39, 0.29) is 5.91 Å². The number of carbonyl (C=O) groups is 1. The van der Waals surface area contributed by atoms with Crippen molar-refractivity contribution in [2.75, 3.05) is 26.7 Å². The summed E-state index contributed by atoms with van der Waals surface area (Å²) in [6.45, 7) is 4.53. The van der Waals surface area contributed by atoms with Crippen LogP contribution in [0.2, 0.25) is 5.02 Å². The van der Waals surface area contributed by atoms with Crippen molar-refractivity contribution < 1.29 is 9.21 Å². The van der Waals surface area contributed by atoms with E-state index >= 15 is 0 Å². The zero-order chi connectivity index (χ0) is 15.7. The summed E-state index contributed by atoms with van der Waals surface area (Å²) < 4.78 is 5.78. The summed E-state index contributed by atoms with van der Waals surface area (Å²) >= 11 is 6.03. The van der Waals surface area contributed by atoms with Gasteiger partial charge in [-0.3, -0.25) is 4.79 Å². The number of rotatable bonds is 3. The minimum absolute atomic E-state index is 0.00673. The van der Waals surface area contributed by atoms with Crippen molar-refractivity contribution >= 4 is 28.5 Å². The molecule has 1 aromatic carbocycles. The van der Waals surface area contributed by atoms with Crippen LogP contribution in [0.1, 0.15) is 29.0 Å². The summed E-state index contributed by atoms with van der Waals surface area (Å²) in [5.74, 6) is 1.10. The van der Waals surface area contributed by atoms with Gasteiger partial charge in [0.05, 0.1) is 0 Å². The minimum atomic E-state index is -0.00673. The molecule has 1 aliphatic rings. The summed E-state index contributed by atoms with van der Waals surface area (Å²) in [4.78, 5) is 14.6. The molecule has 2 aromatic rings. The molecule has 1 amide bonds. The lowest BCUT2D eigenvalue weighted by molar-refractivity contribution is 0.0660. The van der Waals surface area contributed by atoms with Crippen LogP contribution in [0.15, 0.2) is 22.6 Å². The van der Waals surface area contributed by atoms with Crippen molar-refractivity contribution in [1.29, 1.82) is 0 Å². The largest absolute Gasteiger partial charge is 0.451 e. The molecule has 1 aromatic heterocycles. The fourth-order valence-corrected chi connectivity index (χ4v) is 3.34. The van der Waals surface area contributed by atoms with E-state index in [1.165, 1.54) is 0 Å². The molecule has 2 heterocycles. The van der Waals surface area contributed by atoms with Crippen LogP contribution in [-0.4, -0.2) is 37.5 Å². The lowest BCUT2D eigenvalue weighted by Gasteiger charge is -2.31. The Kier molecular flexibility index (Phi) is 4.41. The number of fused-ring (bicyclic) bond motifs is 1. The smallest absolute Gasteiger partial charge is 0.289 e. The molecule has 118 valence electrons. The molecule has 3 rings (SSSR count). The van der Waals surface area contributed by atoms with Crippen molar-refractivity contribution in [1.82, 2.24) is 10.2 Å². The molecule has 1 saturated heterocycles. The molecule has 0 atom stereocenters. The van der Waals surface area contributed by atoms with Crippen LogP contribution >= 0.6 is 11.6 Å². The van der Waals surface area contributed by atoms with Gasteiger partial charge in [-0.15, -0.1) is 0 Å². The Balaban J connectivity index is 1.80. The van der Waals surface area contributed by atoms with Gasteiger partial charge < -0.3 is 14.6 Å². The highest BCUT2D eigenvalue weighted by Gasteiger charge is 2.27. The molecule has 0 radical (unpaired) electrons. The van der Waals surface area contributed by atoms with Gasteiger partial charge in [-0.2, -0.15) is 0 Å². The average Bonchev–Trinajstić information content (AvgIpc) is 2.84. The summed E-state index contributed by atoms with van der Waals surface area (Å²) in [6.07, 6.45) is 2.08. The topological polar surface area (TPSA) is 45.5 Å². The number of aryl methyl sites for hydroxylation is 1. The predicted molar refractivity (Wildman–Crippen MR) is 88.5 cm³/mol. The Morgan fingerprint density at radius 3 is 2.82 bits per heavy atom. The molecule has 1 N–H and O–H groups in total. The molecule has 0 bridgehead atoms. The van der Waals surface area contributed by atoms with E-state index in [0.29, 0.717) is 16.7 Å². The SMILES string of the molecule is CNCC1CCN(C(=O)c2oc3ccc(Cl)cc3c2C)CC1. The normalized spacial score (nSPS) is 16.4. The van der Waals surface area contributed by atoms with Crippen molar-refractivity contribution in [2.45, 2.75) is 19.8 Å². The Labute approximate surface area is 135 Å². The van der Waals surface area contributed by atoms with Crippen molar-refractivity contribution in [3.05, 3.63) is 34.5 Å². The molecular formula is C17H21ClN2O2. The van der Waals surface area contributed by atoms with Gasteiger partial charge in [0.15, 0.2) is 5.76 Å². The Hall–Kier alpha value is -1.52. The minimum Gasteiger partial charge on any atom is -0.451 e. The predicted octanol–water partition coefficient (Wildman–Crippen LogP) is 3.47. The van der Waals surface area contributed by atoms with Crippen LogP contribution in [0.25, 0.3) is 11.0 Å². The van der Waals surface area contributed by atoms with E-state index in [2.05, 4.69) is 5.32 Å². The van der Waals surface area contributed by atoms with E-state index in [4.69, 9.17) is 16.0 Å². The maximum absolute atomic E-state index is 12.7. The fourth-order valence-electron chi connectivity index (χ4n) is 3.17. The Morgan fingerprint density at radius 1 is 1.41 bits per heavy atom. The first-order valence-corrected chi connectivity index (χ1v) is 8.10. The number of benzene rings is 1. The first-order chi connectivity index (χ1) is 10.6. The van der Waals surface area contributed by atoms with Gasteiger partial charge in [0.1, 0.15) is 5.58 Å². The van der Waals surface area contributed by atoms with Gasteiger partial charge in [0, 0.05) is 29.1 Å². The molecule has 4 nitrogen and oxygen atoms in total. The van der Waals surface area contributed by atoms with Crippen LogP contribution in [0.3, 0.4) is 0 Å². The third kappa shape index (κ3) is 2.85. The first-order valence-electron chi connectivity index (χ1n) is 7.72. The number of hydrogen-bond acceptors (Lipinski definition) is 3. The molecule has 22 heavy (non-hydrogen) atoms. The second-order valence-electron chi connectivity index (χ2n) is 5.99. The van der Waals surface area contributed by atoms with Crippen LogP contribution < -0.4 is 5.32 Å². The van der Waals surface area contributed by atoms with Gasteiger partial charge in [-0.25, -0.2) is 0 Å². The van der Waals surface area contributed by atoms with Gasteiger partial charge in [0.2, 0.25) is 0 Å². The van der Waals surface area contributed by atoms with E-state index in [1.54, 1.807) is 6.07 Å². The molecule has 1 fully saturated rings. The highest BCUT2D eigenvalue weighted by Crippen LogP contribution is 2.29. The van der Waals surface area contributed by atoms with Crippen molar-refractivity contribution in [2.24, 2.45) is 5.92 Å². The van der Waals surface area contributed by atoms with Gasteiger partial charge >= 0.3 is 0 Å². The van der Waals surface area contributed by atoms with Crippen molar-refractivity contribution in [3.8, 4) is 0 Å². The van der Waals surface area contributed by atoms with Crippen LogP contribution in [0.4, 0.5) is 0 Å². The zero-order valence-corrected chi connectivity index (χ0v) is 13.7. The summed E-state index contributed by atoms with van der Waals surface area (Å²) in [5, 5.41) is 4.78. The fraction of sp³-hybridized carbons (Fsp3) is 0.471. The highest BCUT2D eigenvalue weighted by molar-refractivity contribution is 6.31.